The third-order valence-electron chi connectivity index (χ3n) is 5.48. The molecule has 1 atom stereocenters. The van der Waals surface area contributed by atoms with E-state index >= 15 is 0 Å². The van der Waals surface area contributed by atoms with E-state index in [9.17, 15) is 19.8 Å². The summed E-state index contributed by atoms with van der Waals surface area (Å²) in [7, 11) is 2.90. The lowest BCUT2D eigenvalue weighted by atomic mass is 9.94. The Hall–Kier alpha value is -4.33. The number of Topliss-reactive ketones (excluding diaryl/α,β-unsaturated/α-hetero) is 1. The summed E-state index contributed by atoms with van der Waals surface area (Å²) in [6.45, 7) is 0.0984. The second kappa shape index (κ2) is 9.04. The van der Waals surface area contributed by atoms with Crippen molar-refractivity contribution in [2.75, 3.05) is 14.2 Å². The molecule has 1 aromatic heterocycles. The molecule has 2 N–H and O–H groups in total. The van der Waals surface area contributed by atoms with E-state index in [-0.39, 0.29) is 29.4 Å². The second-order valence-corrected chi connectivity index (χ2v) is 7.45. The van der Waals surface area contributed by atoms with Gasteiger partial charge in [0.1, 0.15) is 11.5 Å². The lowest BCUT2D eigenvalue weighted by Gasteiger charge is -2.25. The van der Waals surface area contributed by atoms with Gasteiger partial charge >= 0.3 is 0 Å². The Morgan fingerprint density at radius 3 is 2.58 bits per heavy atom. The van der Waals surface area contributed by atoms with Crippen LogP contribution in [0.2, 0.25) is 0 Å². The quantitative estimate of drug-likeness (QED) is 0.339. The van der Waals surface area contributed by atoms with E-state index in [2.05, 4.69) is 4.98 Å². The number of pyridine rings is 1. The van der Waals surface area contributed by atoms with Crippen molar-refractivity contribution in [1.29, 1.82) is 0 Å². The van der Waals surface area contributed by atoms with Gasteiger partial charge in [-0.15, -0.1) is 0 Å². The number of phenolic OH excluding ortho intramolecular Hbond substituents is 1. The normalized spacial score (nSPS) is 17.3. The summed E-state index contributed by atoms with van der Waals surface area (Å²) >= 11 is 0. The van der Waals surface area contributed by atoms with Crippen LogP contribution in [-0.4, -0.2) is 46.0 Å². The lowest BCUT2D eigenvalue weighted by molar-refractivity contribution is -0.140. The van der Waals surface area contributed by atoms with Gasteiger partial charge in [0.25, 0.3) is 11.7 Å². The molecular weight excluding hydrogens is 424 g/mol. The van der Waals surface area contributed by atoms with Gasteiger partial charge in [0.15, 0.2) is 11.5 Å². The first kappa shape index (κ1) is 21.9. The van der Waals surface area contributed by atoms with Crippen LogP contribution < -0.4 is 9.47 Å². The van der Waals surface area contributed by atoms with Crippen molar-refractivity contribution in [3.63, 3.8) is 0 Å². The molecule has 168 valence electrons. The van der Waals surface area contributed by atoms with E-state index in [0.29, 0.717) is 16.9 Å². The van der Waals surface area contributed by atoms with Gasteiger partial charge in [-0.2, -0.15) is 0 Å². The van der Waals surface area contributed by atoms with Crippen molar-refractivity contribution >= 4 is 17.4 Å². The number of phenols is 1. The first-order valence-electron chi connectivity index (χ1n) is 10.1. The largest absolute Gasteiger partial charge is 0.507 e. The molecule has 1 fully saturated rings. The first-order valence-corrected chi connectivity index (χ1v) is 10.1. The highest BCUT2D eigenvalue weighted by Gasteiger charge is 2.46. The fourth-order valence-corrected chi connectivity index (χ4v) is 3.87. The van der Waals surface area contributed by atoms with Crippen LogP contribution in [0.5, 0.6) is 17.2 Å². The number of aromatic hydroxyl groups is 1. The molecular formula is C25H22N2O6. The predicted molar refractivity (Wildman–Crippen MR) is 120 cm³/mol. The summed E-state index contributed by atoms with van der Waals surface area (Å²) in [5.74, 6) is -1.29. The number of ketones is 1. The van der Waals surface area contributed by atoms with Crippen molar-refractivity contribution in [3.05, 3.63) is 89.3 Å². The molecule has 1 saturated heterocycles. The van der Waals surface area contributed by atoms with Crippen LogP contribution in [0.4, 0.5) is 0 Å². The van der Waals surface area contributed by atoms with Gasteiger partial charge in [-0.3, -0.25) is 14.6 Å². The Balaban J connectivity index is 1.90. The van der Waals surface area contributed by atoms with Crippen LogP contribution in [-0.2, 0) is 16.1 Å². The van der Waals surface area contributed by atoms with Gasteiger partial charge in [-0.1, -0.05) is 24.3 Å². The summed E-state index contributed by atoms with van der Waals surface area (Å²) < 4.78 is 10.4. The number of aromatic nitrogens is 1. The Labute approximate surface area is 190 Å². The Morgan fingerprint density at radius 2 is 1.88 bits per heavy atom. The zero-order valence-electron chi connectivity index (χ0n) is 18.1. The molecule has 3 aromatic rings. The standard InChI is InChI=1S/C25H22N2O6/c1-32-18-7-3-6-17(11-18)23(29)21-22(16-8-9-19(28)20(12-16)33-2)27(25(31)24(21)30)14-15-5-4-10-26-13-15/h3-13,22,28-29H,14H2,1-2H3/t22-/m0/s1. The molecule has 1 amide bonds. The van der Waals surface area contributed by atoms with Crippen molar-refractivity contribution < 1.29 is 29.3 Å². The molecule has 0 spiro atoms. The van der Waals surface area contributed by atoms with E-state index in [4.69, 9.17) is 9.47 Å². The molecule has 2 aromatic carbocycles. The number of rotatable bonds is 6. The number of benzene rings is 2. The van der Waals surface area contributed by atoms with Crippen LogP contribution >= 0.6 is 0 Å². The molecule has 0 unspecified atom stereocenters. The fraction of sp³-hybridized carbons (Fsp3) is 0.160. The Morgan fingerprint density at radius 1 is 1.06 bits per heavy atom. The zero-order valence-corrected chi connectivity index (χ0v) is 18.1. The van der Waals surface area contributed by atoms with Crippen molar-refractivity contribution in [3.8, 4) is 17.2 Å². The number of likely N-dealkylation sites (tertiary alicyclic amines) is 1. The van der Waals surface area contributed by atoms with Crippen LogP contribution in [0.1, 0.15) is 22.7 Å². The minimum Gasteiger partial charge on any atom is -0.507 e. The maximum absolute atomic E-state index is 13.1. The van der Waals surface area contributed by atoms with E-state index in [0.717, 1.165) is 5.56 Å². The Kier molecular flexibility index (Phi) is 5.99. The monoisotopic (exact) mass is 446 g/mol. The molecule has 1 aliphatic rings. The minimum absolute atomic E-state index is 0.0649. The number of nitrogens with zero attached hydrogens (tertiary/aromatic N) is 2. The second-order valence-electron chi connectivity index (χ2n) is 7.45. The maximum Gasteiger partial charge on any atom is 0.295 e. The molecule has 1 aliphatic heterocycles. The van der Waals surface area contributed by atoms with Gasteiger partial charge < -0.3 is 24.6 Å². The molecule has 33 heavy (non-hydrogen) atoms. The number of hydrogen-bond donors (Lipinski definition) is 2. The zero-order chi connectivity index (χ0) is 23.5. The van der Waals surface area contributed by atoms with Gasteiger partial charge in [-0.25, -0.2) is 0 Å². The number of amides is 1. The van der Waals surface area contributed by atoms with E-state index in [1.165, 1.54) is 25.2 Å². The van der Waals surface area contributed by atoms with Gasteiger partial charge in [0.05, 0.1) is 25.8 Å². The maximum atomic E-state index is 13.1. The van der Waals surface area contributed by atoms with Gasteiger partial charge in [0.2, 0.25) is 0 Å². The molecule has 8 heteroatoms. The summed E-state index contributed by atoms with van der Waals surface area (Å²) in [4.78, 5) is 31.7. The van der Waals surface area contributed by atoms with E-state index in [1.54, 1.807) is 60.9 Å². The number of ether oxygens (including phenoxy) is 2. The van der Waals surface area contributed by atoms with Gasteiger partial charge in [-0.05, 0) is 41.5 Å². The summed E-state index contributed by atoms with van der Waals surface area (Å²) in [6, 6.07) is 13.8. The number of methoxy groups -OCH3 is 2. The molecule has 2 heterocycles. The molecule has 8 nitrogen and oxygen atoms in total. The van der Waals surface area contributed by atoms with Crippen LogP contribution in [0.15, 0.2) is 72.6 Å². The summed E-state index contributed by atoms with van der Waals surface area (Å²) in [6.07, 6.45) is 3.22. The van der Waals surface area contributed by atoms with Gasteiger partial charge in [0, 0.05) is 24.5 Å². The van der Waals surface area contributed by atoms with E-state index < -0.39 is 17.7 Å². The first-order chi connectivity index (χ1) is 15.9. The highest BCUT2D eigenvalue weighted by molar-refractivity contribution is 6.46. The number of aliphatic hydroxyl groups is 1. The van der Waals surface area contributed by atoms with Crippen molar-refractivity contribution in [2.24, 2.45) is 0 Å². The summed E-state index contributed by atoms with van der Waals surface area (Å²) in [5.41, 5.74) is 1.49. The Bertz CT molecular complexity index is 1240. The van der Waals surface area contributed by atoms with Crippen LogP contribution in [0.3, 0.4) is 0 Å². The average Bonchev–Trinajstić information content (AvgIpc) is 3.09. The smallest absolute Gasteiger partial charge is 0.295 e. The number of carbonyl (C=O) groups is 2. The fourth-order valence-electron chi connectivity index (χ4n) is 3.87. The minimum atomic E-state index is -0.911. The highest BCUT2D eigenvalue weighted by Crippen LogP contribution is 2.42. The lowest BCUT2D eigenvalue weighted by Crippen LogP contribution is -2.29. The number of aliphatic hydroxyl groups excluding tert-OH is 1. The van der Waals surface area contributed by atoms with Crippen molar-refractivity contribution in [1.82, 2.24) is 9.88 Å². The molecule has 0 saturated carbocycles. The molecule has 0 bridgehead atoms. The molecule has 0 radical (unpaired) electrons. The molecule has 0 aliphatic carbocycles. The van der Waals surface area contributed by atoms with Crippen molar-refractivity contribution in [2.45, 2.75) is 12.6 Å². The SMILES string of the molecule is COc1cccc(C(O)=C2C(=O)C(=O)N(Cc3cccnc3)[C@H]2c2ccc(O)c(OC)c2)c1. The third kappa shape index (κ3) is 4.10. The topological polar surface area (TPSA) is 109 Å². The van der Waals surface area contributed by atoms with E-state index in [1.807, 2.05) is 0 Å². The predicted octanol–water partition coefficient (Wildman–Crippen LogP) is 3.43. The van der Waals surface area contributed by atoms with Crippen LogP contribution in [0.25, 0.3) is 5.76 Å². The molecule has 4 rings (SSSR count). The van der Waals surface area contributed by atoms with Crippen LogP contribution in [0, 0.1) is 0 Å². The number of carbonyl (C=O) groups excluding carboxylic acids is 2. The third-order valence-corrected chi connectivity index (χ3v) is 5.48. The summed E-state index contributed by atoms with van der Waals surface area (Å²) in [5, 5.41) is 21.2. The highest BCUT2D eigenvalue weighted by atomic mass is 16.5. The average molecular weight is 446 g/mol. The number of hydrogen-bond acceptors (Lipinski definition) is 7.